The number of rotatable bonds is 3. The number of piperidine rings is 1. The van der Waals surface area contributed by atoms with Gasteiger partial charge < -0.3 is 14.9 Å². The summed E-state index contributed by atoms with van der Waals surface area (Å²) in [6.07, 6.45) is 2.47. The number of carbonyl (C=O) groups is 2. The van der Waals surface area contributed by atoms with E-state index in [0.29, 0.717) is 23.8 Å². The van der Waals surface area contributed by atoms with Gasteiger partial charge in [0.05, 0.1) is 0 Å². The van der Waals surface area contributed by atoms with Gasteiger partial charge in [-0.1, -0.05) is 24.3 Å². The minimum Gasteiger partial charge on any atom is -0.508 e. The number of likely N-dealkylation sites (tertiary alicyclic amines) is 1. The van der Waals surface area contributed by atoms with Crippen molar-refractivity contribution < 1.29 is 14.7 Å². The van der Waals surface area contributed by atoms with Crippen molar-refractivity contribution in [2.75, 3.05) is 20.6 Å². The Balaban J connectivity index is 1.49. The molecule has 3 atom stereocenters. The first kappa shape index (κ1) is 18.5. The third-order valence-corrected chi connectivity index (χ3v) is 6.37. The lowest BCUT2D eigenvalue weighted by atomic mass is 9.88. The van der Waals surface area contributed by atoms with Gasteiger partial charge in [-0.25, -0.2) is 0 Å². The number of hydrogen-bond acceptors (Lipinski definition) is 3. The van der Waals surface area contributed by atoms with E-state index >= 15 is 0 Å². The van der Waals surface area contributed by atoms with Crippen LogP contribution in [0.1, 0.15) is 29.6 Å². The van der Waals surface area contributed by atoms with Crippen molar-refractivity contribution in [3.8, 4) is 16.9 Å². The molecule has 0 unspecified atom stereocenters. The van der Waals surface area contributed by atoms with Crippen LogP contribution in [0.2, 0.25) is 0 Å². The van der Waals surface area contributed by atoms with Crippen LogP contribution in [0.3, 0.4) is 0 Å². The predicted molar refractivity (Wildman–Crippen MR) is 108 cm³/mol. The SMILES string of the molecule is CN1C[C@@H]2C[C@H](N(C)C(=O)c3cccc(-c4ccc(O)cc4)c3)C[C@@H]2CC1=O. The Labute approximate surface area is 165 Å². The van der Waals surface area contributed by atoms with E-state index in [1.807, 2.05) is 60.3 Å². The minimum atomic E-state index is 0.0176. The summed E-state index contributed by atoms with van der Waals surface area (Å²) in [5.74, 6) is 1.35. The van der Waals surface area contributed by atoms with Gasteiger partial charge in [-0.3, -0.25) is 9.59 Å². The fraction of sp³-hybridized carbons (Fsp3) is 0.391. The van der Waals surface area contributed by atoms with E-state index in [1.54, 1.807) is 12.1 Å². The summed E-state index contributed by atoms with van der Waals surface area (Å²) >= 11 is 0. The highest BCUT2D eigenvalue weighted by Gasteiger charge is 2.42. The van der Waals surface area contributed by atoms with Crippen molar-refractivity contribution in [1.29, 1.82) is 0 Å². The standard InChI is InChI=1S/C23H26N2O3/c1-24-14-19-12-20(11-18(19)13-22(24)27)25(2)23(28)17-5-3-4-16(10-17)15-6-8-21(26)9-7-15/h3-10,18-20,26H,11-14H2,1-2H3/t18-,19+,20-/m1/s1. The second kappa shape index (κ2) is 7.30. The van der Waals surface area contributed by atoms with Crippen molar-refractivity contribution in [1.82, 2.24) is 9.80 Å². The number of nitrogens with zero attached hydrogens (tertiary/aromatic N) is 2. The molecule has 4 rings (SSSR count). The predicted octanol–water partition coefficient (Wildman–Crippen LogP) is 3.39. The summed E-state index contributed by atoms with van der Waals surface area (Å²) in [7, 11) is 3.75. The number of aromatic hydroxyl groups is 1. The fourth-order valence-corrected chi connectivity index (χ4v) is 4.66. The second-order valence-corrected chi connectivity index (χ2v) is 8.17. The molecule has 2 fully saturated rings. The molecule has 2 aliphatic rings. The average molecular weight is 378 g/mol. The number of phenols is 1. The number of fused-ring (bicyclic) bond motifs is 1. The van der Waals surface area contributed by atoms with E-state index in [2.05, 4.69) is 0 Å². The van der Waals surface area contributed by atoms with Crippen LogP contribution in [0.25, 0.3) is 11.1 Å². The number of benzene rings is 2. The summed E-state index contributed by atoms with van der Waals surface area (Å²) in [5.41, 5.74) is 2.58. The Bertz CT molecular complexity index is 893. The quantitative estimate of drug-likeness (QED) is 0.891. The van der Waals surface area contributed by atoms with Crippen LogP contribution in [-0.2, 0) is 4.79 Å². The summed E-state index contributed by atoms with van der Waals surface area (Å²) in [4.78, 5) is 28.8. The van der Waals surface area contributed by atoms with Crippen LogP contribution in [0.4, 0.5) is 0 Å². The lowest BCUT2D eigenvalue weighted by Crippen LogP contribution is -2.39. The molecule has 0 aromatic heterocycles. The van der Waals surface area contributed by atoms with Gasteiger partial charge >= 0.3 is 0 Å². The smallest absolute Gasteiger partial charge is 0.253 e. The molecule has 2 aromatic rings. The third kappa shape index (κ3) is 3.49. The van der Waals surface area contributed by atoms with Gasteiger partial charge in [-0.15, -0.1) is 0 Å². The zero-order valence-electron chi connectivity index (χ0n) is 16.3. The molecule has 0 bridgehead atoms. The van der Waals surface area contributed by atoms with Crippen LogP contribution in [-0.4, -0.2) is 53.4 Å². The summed E-state index contributed by atoms with van der Waals surface area (Å²) < 4.78 is 0. The highest BCUT2D eigenvalue weighted by Crippen LogP contribution is 2.40. The van der Waals surface area contributed by atoms with E-state index in [-0.39, 0.29) is 23.6 Å². The Morgan fingerprint density at radius 3 is 2.54 bits per heavy atom. The molecule has 1 saturated carbocycles. The Hall–Kier alpha value is -2.82. The molecule has 1 heterocycles. The maximum atomic E-state index is 13.1. The molecule has 0 spiro atoms. The fourth-order valence-electron chi connectivity index (χ4n) is 4.66. The van der Waals surface area contributed by atoms with Crippen molar-refractivity contribution in [3.63, 3.8) is 0 Å². The van der Waals surface area contributed by atoms with Gasteiger partial charge in [-0.05, 0) is 60.1 Å². The van der Waals surface area contributed by atoms with Gasteiger partial charge in [0.25, 0.3) is 5.91 Å². The van der Waals surface area contributed by atoms with Gasteiger partial charge in [0.2, 0.25) is 5.91 Å². The first-order valence-corrected chi connectivity index (χ1v) is 9.83. The highest BCUT2D eigenvalue weighted by molar-refractivity contribution is 5.95. The number of amides is 2. The molecule has 1 saturated heterocycles. The second-order valence-electron chi connectivity index (χ2n) is 8.17. The van der Waals surface area contributed by atoms with Crippen LogP contribution < -0.4 is 0 Å². The maximum Gasteiger partial charge on any atom is 0.253 e. The molecule has 1 aliphatic heterocycles. The molecule has 28 heavy (non-hydrogen) atoms. The zero-order chi connectivity index (χ0) is 19.8. The van der Waals surface area contributed by atoms with Crippen molar-refractivity contribution in [2.24, 2.45) is 11.8 Å². The minimum absolute atomic E-state index is 0.0176. The molecule has 5 nitrogen and oxygen atoms in total. The molecule has 5 heteroatoms. The molecule has 1 aliphatic carbocycles. The molecule has 146 valence electrons. The molecular weight excluding hydrogens is 352 g/mol. The van der Waals surface area contributed by atoms with E-state index in [9.17, 15) is 14.7 Å². The first-order chi connectivity index (χ1) is 13.4. The largest absolute Gasteiger partial charge is 0.508 e. The van der Waals surface area contributed by atoms with Crippen LogP contribution in [0.5, 0.6) is 5.75 Å². The Morgan fingerprint density at radius 2 is 1.79 bits per heavy atom. The average Bonchev–Trinajstić information content (AvgIpc) is 3.10. The monoisotopic (exact) mass is 378 g/mol. The molecule has 0 radical (unpaired) electrons. The van der Waals surface area contributed by atoms with E-state index in [1.165, 1.54) is 0 Å². The van der Waals surface area contributed by atoms with Gasteiger partial charge in [0, 0.05) is 38.7 Å². The van der Waals surface area contributed by atoms with E-state index in [0.717, 1.165) is 30.5 Å². The van der Waals surface area contributed by atoms with Crippen molar-refractivity contribution in [2.45, 2.75) is 25.3 Å². The highest BCUT2D eigenvalue weighted by atomic mass is 16.3. The molecule has 1 N–H and O–H groups in total. The maximum absolute atomic E-state index is 13.1. The number of hydrogen-bond donors (Lipinski definition) is 1. The lowest BCUT2D eigenvalue weighted by Gasteiger charge is -2.31. The normalized spacial score (nSPS) is 24.1. The van der Waals surface area contributed by atoms with Crippen molar-refractivity contribution >= 4 is 11.8 Å². The van der Waals surface area contributed by atoms with Gasteiger partial charge in [0.15, 0.2) is 0 Å². The first-order valence-electron chi connectivity index (χ1n) is 9.83. The van der Waals surface area contributed by atoms with Crippen LogP contribution in [0, 0.1) is 11.8 Å². The molecular formula is C23H26N2O3. The summed E-state index contributed by atoms with van der Waals surface area (Å²) in [6, 6.07) is 14.8. The van der Waals surface area contributed by atoms with Gasteiger partial charge in [-0.2, -0.15) is 0 Å². The molecule has 2 amide bonds. The van der Waals surface area contributed by atoms with E-state index < -0.39 is 0 Å². The summed E-state index contributed by atoms with van der Waals surface area (Å²) in [6.45, 7) is 0.804. The zero-order valence-corrected chi connectivity index (χ0v) is 16.3. The van der Waals surface area contributed by atoms with Gasteiger partial charge in [0.1, 0.15) is 5.75 Å². The Morgan fingerprint density at radius 1 is 1.07 bits per heavy atom. The molecule has 2 aromatic carbocycles. The summed E-state index contributed by atoms with van der Waals surface area (Å²) in [5, 5.41) is 9.48. The topological polar surface area (TPSA) is 60.9 Å². The third-order valence-electron chi connectivity index (χ3n) is 6.37. The number of carbonyl (C=O) groups excluding carboxylic acids is 2. The van der Waals surface area contributed by atoms with Crippen molar-refractivity contribution in [3.05, 3.63) is 54.1 Å². The lowest BCUT2D eigenvalue weighted by molar-refractivity contribution is -0.134. The number of phenolic OH excluding ortho intramolecular Hbond substituents is 1. The van der Waals surface area contributed by atoms with Crippen LogP contribution in [0.15, 0.2) is 48.5 Å². The van der Waals surface area contributed by atoms with E-state index in [4.69, 9.17) is 0 Å². The Kier molecular flexibility index (Phi) is 4.84. The van der Waals surface area contributed by atoms with Crippen LogP contribution >= 0.6 is 0 Å².